The Morgan fingerprint density at radius 3 is 2.40 bits per heavy atom. The molecule has 2 aromatic rings. The summed E-state index contributed by atoms with van der Waals surface area (Å²) in [5, 5.41) is 5.75. The van der Waals surface area contributed by atoms with Gasteiger partial charge in [0.1, 0.15) is 25.0 Å². The summed E-state index contributed by atoms with van der Waals surface area (Å²) < 4.78 is 16.2. The molecule has 2 aromatic carbocycles. The van der Waals surface area contributed by atoms with Gasteiger partial charge in [-0.15, -0.1) is 0 Å². The summed E-state index contributed by atoms with van der Waals surface area (Å²) >= 11 is 0. The number of amides is 2. The second-order valence-electron chi connectivity index (χ2n) is 7.44. The largest absolute Gasteiger partial charge is 0.497 e. The molecule has 2 N–H and O–H groups in total. The number of nitrogens with one attached hydrogen (secondary N) is 2. The number of hydrogen-bond acceptors (Lipinski definition) is 5. The van der Waals surface area contributed by atoms with Gasteiger partial charge in [-0.05, 0) is 54.3 Å². The molecule has 0 aromatic heterocycles. The van der Waals surface area contributed by atoms with Crippen LogP contribution in [0.4, 0.5) is 0 Å². The Hall–Kier alpha value is -3.22. The predicted molar refractivity (Wildman–Crippen MR) is 113 cm³/mol. The average molecular weight is 412 g/mol. The number of fused-ring (bicyclic) bond motifs is 1. The topological polar surface area (TPSA) is 85.9 Å². The van der Waals surface area contributed by atoms with Crippen LogP contribution in [-0.2, 0) is 11.2 Å². The lowest BCUT2D eigenvalue weighted by Gasteiger charge is -2.22. The Morgan fingerprint density at radius 1 is 1.03 bits per heavy atom. The number of ether oxygens (including phenoxy) is 3. The molecule has 0 saturated carbocycles. The first-order valence-corrected chi connectivity index (χ1v) is 10.1. The van der Waals surface area contributed by atoms with Gasteiger partial charge >= 0.3 is 0 Å². The summed E-state index contributed by atoms with van der Waals surface area (Å²) in [6.45, 7) is 5.36. The SMILES string of the molecule is COc1ccc(C(=O)N[C@@H](C(=O)NCCc2ccc3c(c2)OCCO3)C(C)C)cc1. The van der Waals surface area contributed by atoms with E-state index in [1.165, 1.54) is 0 Å². The van der Waals surface area contributed by atoms with Crippen LogP contribution in [0.1, 0.15) is 29.8 Å². The molecule has 1 aliphatic heterocycles. The highest BCUT2D eigenvalue weighted by atomic mass is 16.6. The summed E-state index contributed by atoms with van der Waals surface area (Å²) in [6.07, 6.45) is 0.652. The zero-order valence-electron chi connectivity index (χ0n) is 17.6. The summed E-state index contributed by atoms with van der Waals surface area (Å²) in [7, 11) is 1.57. The molecule has 0 bridgehead atoms. The molecule has 0 aliphatic carbocycles. The van der Waals surface area contributed by atoms with E-state index in [1.807, 2.05) is 32.0 Å². The lowest BCUT2D eigenvalue weighted by atomic mass is 10.0. The molecule has 1 heterocycles. The molecule has 0 fully saturated rings. The molecule has 3 rings (SSSR count). The number of methoxy groups -OCH3 is 1. The minimum Gasteiger partial charge on any atom is -0.497 e. The van der Waals surface area contributed by atoms with Crippen molar-refractivity contribution in [2.24, 2.45) is 5.92 Å². The summed E-state index contributed by atoms with van der Waals surface area (Å²) in [5.74, 6) is 1.60. The maximum atomic E-state index is 12.7. The van der Waals surface area contributed by atoms with E-state index in [-0.39, 0.29) is 17.7 Å². The van der Waals surface area contributed by atoms with Gasteiger partial charge in [0.05, 0.1) is 7.11 Å². The quantitative estimate of drug-likeness (QED) is 0.696. The average Bonchev–Trinajstić information content (AvgIpc) is 2.77. The number of carbonyl (C=O) groups is 2. The second kappa shape index (κ2) is 10.0. The molecular formula is C23H28N2O5. The first-order valence-electron chi connectivity index (χ1n) is 10.1. The number of benzene rings is 2. The van der Waals surface area contributed by atoms with E-state index in [0.29, 0.717) is 37.5 Å². The van der Waals surface area contributed by atoms with E-state index < -0.39 is 6.04 Å². The molecule has 0 unspecified atom stereocenters. The molecule has 2 amide bonds. The Labute approximate surface area is 176 Å². The van der Waals surface area contributed by atoms with E-state index in [4.69, 9.17) is 14.2 Å². The molecule has 7 nitrogen and oxygen atoms in total. The molecule has 160 valence electrons. The van der Waals surface area contributed by atoms with Gasteiger partial charge in [0, 0.05) is 12.1 Å². The third-order valence-electron chi connectivity index (χ3n) is 4.91. The Balaban J connectivity index is 1.54. The van der Waals surface area contributed by atoms with Gasteiger partial charge in [0.25, 0.3) is 5.91 Å². The van der Waals surface area contributed by atoms with Crippen LogP contribution in [0.25, 0.3) is 0 Å². The van der Waals surface area contributed by atoms with E-state index >= 15 is 0 Å². The maximum Gasteiger partial charge on any atom is 0.251 e. The number of rotatable bonds is 8. The fraction of sp³-hybridized carbons (Fsp3) is 0.391. The third kappa shape index (κ3) is 5.43. The van der Waals surface area contributed by atoms with Gasteiger partial charge < -0.3 is 24.8 Å². The molecule has 0 saturated heterocycles. The van der Waals surface area contributed by atoms with Gasteiger partial charge in [-0.2, -0.15) is 0 Å². The van der Waals surface area contributed by atoms with Gasteiger partial charge in [0.2, 0.25) is 5.91 Å². The van der Waals surface area contributed by atoms with Crippen LogP contribution in [0.2, 0.25) is 0 Å². The van der Waals surface area contributed by atoms with Crippen LogP contribution in [0.3, 0.4) is 0 Å². The van der Waals surface area contributed by atoms with Gasteiger partial charge in [-0.1, -0.05) is 19.9 Å². The Bertz CT molecular complexity index is 880. The molecule has 7 heteroatoms. The van der Waals surface area contributed by atoms with E-state index in [0.717, 1.165) is 17.1 Å². The van der Waals surface area contributed by atoms with Crippen molar-refractivity contribution in [1.82, 2.24) is 10.6 Å². The highest BCUT2D eigenvalue weighted by molar-refractivity contribution is 5.97. The van der Waals surface area contributed by atoms with Crippen LogP contribution < -0.4 is 24.8 Å². The smallest absolute Gasteiger partial charge is 0.251 e. The van der Waals surface area contributed by atoms with Gasteiger partial charge in [-0.3, -0.25) is 9.59 Å². The van der Waals surface area contributed by atoms with E-state index in [2.05, 4.69) is 10.6 Å². The number of carbonyl (C=O) groups excluding carboxylic acids is 2. The highest BCUT2D eigenvalue weighted by Gasteiger charge is 2.24. The van der Waals surface area contributed by atoms with Crippen molar-refractivity contribution in [3.63, 3.8) is 0 Å². The van der Waals surface area contributed by atoms with Crippen LogP contribution in [0.5, 0.6) is 17.2 Å². The predicted octanol–water partition coefficient (Wildman–Crippen LogP) is 2.58. The Kier molecular flexibility index (Phi) is 7.17. The van der Waals surface area contributed by atoms with Crippen LogP contribution in [0, 0.1) is 5.92 Å². The van der Waals surface area contributed by atoms with Crippen molar-refractivity contribution < 1.29 is 23.8 Å². The minimum absolute atomic E-state index is 0.0542. The maximum absolute atomic E-state index is 12.7. The lowest BCUT2D eigenvalue weighted by Crippen LogP contribution is -2.50. The standard InChI is InChI=1S/C23H28N2O5/c1-15(2)21(25-22(26)17-5-7-18(28-3)8-6-17)23(27)24-11-10-16-4-9-19-20(14-16)30-13-12-29-19/h4-9,14-15,21H,10-13H2,1-3H3,(H,24,27)(H,25,26)/t21-/m1/s1. The molecule has 0 spiro atoms. The van der Waals surface area contributed by atoms with Crippen molar-refractivity contribution in [2.75, 3.05) is 26.9 Å². The van der Waals surface area contributed by atoms with Crippen LogP contribution >= 0.6 is 0 Å². The zero-order valence-corrected chi connectivity index (χ0v) is 17.6. The fourth-order valence-corrected chi connectivity index (χ4v) is 3.19. The van der Waals surface area contributed by atoms with Crippen molar-refractivity contribution in [3.8, 4) is 17.2 Å². The van der Waals surface area contributed by atoms with E-state index in [1.54, 1.807) is 31.4 Å². The number of hydrogen-bond donors (Lipinski definition) is 2. The first kappa shape index (κ1) is 21.5. The zero-order chi connectivity index (χ0) is 21.5. The summed E-state index contributed by atoms with van der Waals surface area (Å²) in [4.78, 5) is 25.2. The second-order valence-corrected chi connectivity index (χ2v) is 7.44. The van der Waals surface area contributed by atoms with Crippen molar-refractivity contribution in [1.29, 1.82) is 0 Å². The highest BCUT2D eigenvalue weighted by Crippen LogP contribution is 2.30. The first-order chi connectivity index (χ1) is 14.5. The van der Waals surface area contributed by atoms with Crippen molar-refractivity contribution >= 4 is 11.8 Å². The summed E-state index contributed by atoms with van der Waals surface area (Å²) in [5.41, 5.74) is 1.52. The molecule has 0 radical (unpaired) electrons. The van der Waals surface area contributed by atoms with Crippen LogP contribution in [-0.4, -0.2) is 44.7 Å². The fourth-order valence-electron chi connectivity index (χ4n) is 3.19. The van der Waals surface area contributed by atoms with Gasteiger partial charge in [-0.25, -0.2) is 0 Å². The monoisotopic (exact) mass is 412 g/mol. The molecular weight excluding hydrogens is 384 g/mol. The van der Waals surface area contributed by atoms with Gasteiger partial charge in [0.15, 0.2) is 11.5 Å². The molecule has 1 atom stereocenters. The normalized spacial score (nSPS) is 13.5. The summed E-state index contributed by atoms with van der Waals surface area (Å²) in [6, 6.07) is 11.9. The van der Waals surface area contributed by atoms with Crippen molar-refractivity contribution in [2.45, 2.75) is 26.3 Å². The van der Waals surface area contributed by atoms with Crippen LogP contribution in [0.15, 0.2) is 42.5 Å². The lowest BCUT2D eigenvalue weighted by molar-refractivity contribution is -0.123. The van der Waals surface area contributed by atoms with Crippen molar-refractivity contribution in [3.05, 3.63) is 53.6 Å². The molecule has 1 aliphatic rings. The Morgan fingerprint density at radius 2 is 1.73 bits per heavy atom. The third-order valence-corrected chi connectivity index (χ3v) is 4.91. The minimum atomic E-state index is -0.625. The van der Waals surface area contributed by atoms with E-state index in [9.17, 15) is 9.59 Å². The molecule has 30 heavy (non-hydrogen) atoms.